The zero-order valence-electron chi connectivity index (χ0n) is 15.7. The second-order valence-corrected chi connectivity index (χ2v) is 6.68. The number of amides is 1. The van der Waals surface area contributed by atoms with Crippen LogP contribution in [-0.2, 0) is 11.8 Å². The molecule has 1 aliphatic rings. The van der Waals surface area contributed by atoms with E-state index in [1.165, 1.54) is 12.3 Å². The monoisotopic (exact) mass is 381 g/mol. The van der Waals surface area contributed by atoms with Crippen molar-refractivity contribution in [3.63, 3.8) is 0 Å². The number of aryl methyl sites for hydroxylation is 2. The molecule has 1 fully saturated rings. The molecule has 0 radical (unpaired) electrons. The van der Waals surface area contributed by atoms with Crippen LogP contribution in [0.15, 0.2) is 42.9 Å². The summed E-state index contributed by atoms with van der Waals surface area (Å²) in [6.07, 6.45) is 4.30. The summed E-state index contributed by atoms with van der Waals surface area (Å²) < 4.78 is 21.8. The lowest BCUT2D eigenvalue weighted by molar-refractivity contribution is -0.0246. The third-order valence-electron chi connectivity index (χ3n) is 4.76. The molecule has 0 spiro atoms. The van der Waals surface area contributed by atoms with E-state index in [4.69, 9.17) is 4.74 Å². The normalized spacial score (nSPS) is 17.0. The van der Waals surface area contributed by atoms with E-state index in [0.717, 1.165) is 0 Å². The summed E-state index contributed by atoms with van der Waals surface area (Å²) in [5.41, 5.74) is 2.56. The van der Waals surface area contributed by atoms with Gasteiger partial charge in [-0.05, 0) is 19.1 Å². The molecule has 0 aliphatic carbocycles. The van der Waals surface area contributed by atoms with Gasteiger partial charge < -0.3 is 9.64 Å². The summed E-state index contributed by atoms with van der Waals surface area (Å²) in [7, 11) is 1.78. The highest BCUT2D eigenvalue weighted by molar-refractivity contribution is 5.95. The summed E-state index contributed by atoms with van der Waals surface area (Å²) >= 11 is 0. The number of benzene rings is 1. The van der Waals surface area contributed by atoms with Crippen LogP contribution in [0.1, 0.15) is 27.8 Å². The van der Waals surface area contributed by atoms with Gasteiger partial charge in [-0.1, -0.05) is 12.1 Å². The number of aromatic nitrogens is 4. The summed E-state index contributed by atoms with van der Waals surface area (Å²) in [6, 6.07) is 6.42. The number of carbonyl (C=O) groups excluding carboxylic acids is 1. The molecule has 1 amide bonds. The third-order valence-corrected chi connectivity index (χ3v) is 4.76. The Morgan fingerprint density at radius 1 is 1.25 bits per heavy atom. The summed E-state index contributed by atoms with van der Waals surface area (Å²) in [4.78, 5) is 23.4. The Balaban J connectivity index is 1.63. The Bertz CT molecular complexity index is 1020. The molecule has 1 atom stereocenters. The predicted octanol–water partition coefficient (Wildman–Crippen LogP) is 2.54. The SMILES string of the molecule is Cc1nn(C)cc1C(=O)N1CCO[C@@H](c2nccnc2-c2ccccc2F)C1. The van der Waals surface area contributed by atoms with Crippen molar-refractivity contribution in [2.45, 2.75) is 13.0 Å². The molecule has 1 aliphatic heterocycles. The lowest BCUT2D eigenvalue weighted by Crippen LogP contribution is -2.42. The minimum atomic E-state index is -0.488. The minimum absolute atomic E-state index is 0.102. The zero-order valence-corrected chi connectivity index (χ0v) is 15.7. The number of morpholine rings is 1. The van der Waals surface area contributed by atoms with E-state index in [0.29, 0.717) is 47.9 Å². The van der Waals surface area contributed by atoms with E-state index < -0.39 is 6.10 Å². The molecule has 3 heterocycles. The molecular weight excluding hydrogens is 361 g/mol. The van der Waals surface area contributed by atoms with Gasteiger partial charge in [-0.3, -0.25) is 19.4 Å². The molecule has 0 N–H and O–H groups in total. The summed E-state index contributed by atoms with van der Waals surface area (Å²) in [5.74, 6) is -0.478. The Labute approximate surface area is 161 Å². The fourth-order valence-electron chi connectivity index (χ4n) is 3.42. The van der Waals surface area contributed by atoms with Crippen LogP contribution in [0, 0.1) is 12.7 Å². The van der Waals surface area contributed by atoms with Crippen LogP contribution in [0.4, 0.5) is 4.39 Å². The highest BCUT2D eigenvalue weighted by atomic mass is 19.1. The number of hydrogen-bond acceptors (Lipinski definition) is 5. The Hall–Kier alpha value is -3.13. The number of hydrogen-bond donors (Lipinski definition) is 0. The number of ether oxygens (including phenoxy) is 1. The molecule has 2 aromatic heterocycles. The van der Waals surface area contributed by atoms with Crippen molar-refractivity contribution >= 4 is 5.91 Å². The van der Waals surface area contributed by atoms with E-state index in [2.05, 4.69) is 15.1 Å². The Kier molecular flexibility index (Phi) is 4.87. The third kappa shape index (κ3) is 3.38. The second-order valence-electron chi connectivity index (χ2n) is 6.68. The second kappa shape index (κ2) is 7.47. The minimum Gasteiger partial charge on any atom is -0.368 e. The standard InChI is InChI=1S/C20H20FN5O2/c1-13-15(11-25(2)24-13)20(27)26-9-10-28-17(12-26)19-18(22-7-8-23-19)14-5-3-4-6-16(14)21/h3-8,11,17H,9-10,12H2,1-2H3/t17-/m1/s1. The number of carbonyl (C=O) groups is 1. The van der Waals surface area contributed by atoms with Crippen molar-refractivity contribution in [1.82, 2.24) is 24.6 Å². The van der Waals surface area contributed by atoms with Crippen LogP contribution in [0.2, 0.25) is 0 Å². The molecule has 0 bridgehead atoms. The molecule has 4 rings (SSSR count). The Morgan fingerprint density at radius 2 is 2.04 bits per heavy atom. The van der Waals surface area contributed by atoms with Gasteiger partial charge in [0.05, 0.1) is 35.8 Å². The van der Waals surface area contributed by atoms with Gasteiger partial charge in [-0.2, -0.15) is 5.10 Å². The quantitative estimate of drug-likeness (QED) is 0.697. The number of halogens is 1. The molecule has 0 unspecified atom stereocenters. The zero-order chi connectivity index (χ0) is 19.7. The first-order chi connectivity index (χ1) is 13.5. The summed E-state index contributed by atoms with van der Waals surface area (Å²) in [5, 5.41) is 4.24. The van der Waals surface area contributed by atoms with Gasteiger partial charge in [-0.25, -0.2) is 4.39 Å². The maximum Gasteiger partial charge on any atom is 0.257 e. The van der Waals surface area contributed by atoms with E-state index in [-0.39, 0.29) is 11.7 Å². The van der Waals surface area contributed by atoms with Crippen LogP contribution >= 0.6 is 0 Å². The number of rotatable bonds is 3. The lowest BCUT2D eigenvalue weighted by Gasteiger charge is -2.33. The van der Waals surface area contributed by atoms with Crippen LogP contribution in [-0.4, -0.2) is 50.3 Å². The molecule has 0 saturated carbocycles. The van der Waals surface area contributed by atoms with Crippen LogP contribution in [0.25, 0.3) is 11.3 Å². The Morgan fingerprint density at radius 3 is 2.79 bits per heavy atom. The van der Waals surface area contributed by atoms with Crippen molar-refractivity contribution in [2.75, 3.05) is 19.7 Å². The first-order valence-corrected chi connectivity index (χ1v) is 9.01. The molecule has 8 heteroatoms. The molecular formula is C20H20FN5O2. The molecule has 144 valence electrons. The van der Waals surface area contributed by atoms with Gasteiger partial charge in [-0.15, -0.1) is 0 Å². The first-order valence-electron chi connectivity index (χ1n) is 9.01. The highest BCUT2D eigenvalue weighted by Crippen LogP contribution is 2.30. The lowest BCUT2D eigenvalue weighted by atomic mass is 10.0. The van der Waals surface area contributed by atoms with Crippen molar-refractivity contribution in [2.24, 2.45) is 7.05 Å². The maximum absolute atomic E-state index is 14.3. The van der Waals surface area contributed by atoms with Crippen LogP contribution in [0.5, 0.6) is 0 Å². The van der Waals surface area contributed by atoms with Crippen LogP contribution < -0.4 is 0 Å². The molecule has 3 aromatic rings. The van der Waals surface area contributed by atoms with E-state index in [9.17, 15) is 9.18 Å². The van der Waals surface area contributed by atoms with Gasteiger partial charge in [0, 0.05) is 37.7 Å². The van der Waals surface area contributed by atoms with E-state index in [1.807, 2.05) is 6.92 Å². The van der Waals surface area contributed by atoms with Gasteiger partial charge >= 0.3 is 0 Å². The smallest absolute Gasteiger partial charge is 0.257 e. The summed E-state index contributed by atoms with van der Waals surface area (Å²) in [6.45, 7) is 2.96. The van der Waals surface area contributed by atoms with E-state index >= 15 is 0 Å². The molecule has 1 aromatic carbocycles. The van der Waals surface area contributed by atoms with Crippen molar-refractivity contribution in [3.8, 4) is 11.3 Å². The number of nitrogens with zero attached hydrogens (tertiary/aromatic N) is 5. The average Bonchev–Trinajstić information content (AvgIpc) is 3.06. The topological polar surface area (TPSA) is 73.1 Å². The van der Waals surface area contributed by atoms with E-state index in [1.54, 1.807) is 47.2 Å². The van der Waals surface area contributed by atoms with Crippen molar-refractivity contribution in [3.05, 3.63) is 65.6 Å². The largest absolute Gasteiger partial charge is 0.368 e. The van der Waals surface area contributed by atoms with Crippen molar-refractivity contribution in [1.29, 1.82) is 0 Å². The average molecular weight is 381 g/mol. The maximum atomic E-state index is 14.3. The van der Waals surface area contributed by atoms with Gasteiger partial charge in [0.1, 0.15) is 11.9 Å². The molecule has 7 nitrogen and oxygen atoms in total. The van der Waals surface area contributed by atoms with Gasteiger partial charge in [0.15, 0.2) is 0 Å². The van der Waals surface area contributed by atoms with Gasteiger partial charge in [0.25, 0.3) is 5.91 Å². The molecule has 1 saturated heterocycles. The first kappa shape index (κ1) is 18.2. The van der Waals surface area contributed by atoms with Gasteiger partial charge in [0.2, 0.25) is 0 Å². The fraction of sp³-hybridized carbons (Fsp3) is 0.300. The highest BCUT2D eigenvalue weighted by Gasteiger charge is 2.30. The fourth-order valence-corrected chi connectivity index (χ4v) is 3.42. The predicted molar refractivity (Wildman–Crippen MR) is 100.0 cm³/mol. The van der Waals surface area contributed by atoms with Crippen molar-refractivity contribution < 1.29 is 13.9 Å². The molecule has 28 heavy (non-hydrogen) atoms. The van der Waals surface area contributed by atoms with Crippen LogP contribution in [0.3, 0.4) is 0 Å².